The number of ketones is 2. The van der Waals surface area contributed by atoms with Gasteiger partial charge in [0.05, 0.1) is 36.6 Å². The van der Waals surface area contributed by atoms with Gasteiger partial charge in [-0.25, -0.2) is 4.79 Å². The molecule has 5 N–H and O–H groups in total. The van der Waals surface area contributed by atoms with E-state index in [0.717, 1.165) is 19.3 Å². The molecule has 2 fully saturated rings. The number of hydrogen-bond acceptors (Lipinski definition) is 11. The highest BCUT2D eigenvalue weighted by Crippen LogP contribution is 2.49. The minimum atomic E-state index is -2.18. The summed E-state index contributed by atoms with van der Waals surface area (Å²) in [4.78, 5) is 40.6. The summed E-state index contributed by atoms with van der Waals surface area (Å²) in [5.41, 5.74) is -2.18. The van der Waals surface area contributed by atoms with Crippen LogP contribution in [0.25, 0.3) is 0 Å². The Hall–Kier alpha value is -2.25. The third-order valence-electron chi connectivity index (χ3n) is 13.8. The molecule has 2 bridgehead atoms. The Labute approximate surface area is 342 Å². The van der Waals surface area contributed by atoms with Gasteiger partial charge in [-0.15, -0.1) is 0 Å². The Balaban J connectivity index is 1.99. The molecule has 3 aliphatic rings. The lowest BCUT2D eigenvalue weighted by Crippen LogP contribution is -2.62. The topological polar surface area (TPSA) is 180 Å². The van der Waals surface area contributed by atoms with Crippen molar-refractivity contribution in [2.24, 2.45) is 53.3 Å². The quantitative estimate of drug-likeness (QED) is 0.202. The van der Waals surface area contributed by atoms with Crippen molar-refractivity contribution in [3.05, 3.63) is 36.5 Å². The van der Waals surface area contributed by atoms with Crippen molar-refractivity contribution in [2.45, 2.75) is 182 Å². The fraction of sp³-hybridized carbons (Fsp3) is 0.804. The zero-order valence-corrected chi connectivity index (χ0v) is 36.5. The lowest BCUT2D eigenvalue weighted by molar-refractivity contribution is -0.371. The first-order valence-corrected chi connectivity index (χ1v) is 21.7. The third kappa shape index (κ3) is 12.0. The van der Waals surface area contributed by atoms with Crippen LogP contribution in [0.15, 0.2) is 36.5 Å². The minimum Gasteiger partial charge on any atom is -0.458 e. The number of hydrogen-bond donors (Lipinski definition) is 5. The molecule has 0 amide bonds. The molecule has 3 aliphatic heterocycles. The molecule has 11 nitrogen and oxygen atoms in total. The van der Waals surface area contributed by atoms with Gasteiger partial charge in [0.1, 0.15) is 17.5 Å². The van der Waals surface area contributed by atoms with Crippen LogP contribution in [-0.2, 0) is 28.6 Å². The maximum Gasteiger partial charge on any atom is 0.330 e. The molecule has 0 saturated carbocycles. The summed E-state index contributed by atoms with van der Waals surface area (Å²) in [5.74, 6) is -7.28. The molecule has 326 valence electrons. The summed E-state index contributed by atoms with van der Waals surface area (Å²) in [5, 5.41) is 55.4. The predicted molar refractivity (Wildman–Crippen MR) is 220 cm³/mol. The van der Waals surface area contributed by atoms with Gasteiger partial charge in [0, 0.05) is 48.0 Å². The van der Waals surface area contributed by atoms with Gasteiger partial charge in [0.15, 0.2) is 11.6 Å². The number of Topliss-reactive ketones (excluding diaryl/α,β-unsaturated/α-hetero) is 2. The number of carbonyl (C=O) groups is 3. The Morgan fingerprint density at radius 1 is 0.825 bits per heavy atom. The van der Waals surface area contributed by atoms with E-state index in [1.54, 1.807) is 13.8 Å². The van der Waals surface area contributed by atoms with Gasteiger partial charge in [-0.3, -0.25) is 9.59 Å². The predicted octanol–water partition coefficient (Wildman–Crippen LogP) is 6.27. The number of carbonyl (C=O) groups excluding carboxylic acids is 3. The Morgan fingerprint density at radius 2 is 1.47 bits per heavy atom. The van der Waals surface area contributed by atoms with E-state index in [1.165, 1.54) is 39.8 Å². The monoisotopic (exact) mass is 805 g/mol. The fourth-order valence-electron chi connectivity index (χ4n) is 9.11. The second-order valence-electron chi connectivity index (χ2n) is 18.2. The highest BCUT2D eigenvalue weighted by molar-refractivity contribution is 5.91. The second kappa shape index (κ2) is 21.3. The van der Waals surface area contributed by atoms with Crippen LogP contribution >= 0.6 is 0 Å². The van der Waals surface area contributed by atoms with Crippen LogP contribution in [0, 0.1) is 53.3 Å². The highest BCUT2D eigenvalue weighted by Gasteiger charge is 2.56. The number of fused-ring (bicyclic) bond motifs is 2. The van der Waals surface area contributed by atoms with E-state index in [4.69, 9.17) is 14.2 Å². The summed E-state index contributed by atoms with van der Waals surface area (Å²) in [6.07, 6.45) is 10.3. The van der Waals surface area contributed by atoms with Crippen LogP contribution in [0.4, 0.5) is 0 Å². The highest BCUT2D eigenvalue weighted by atomic mass is 16.7. The zero-order chi connectivity index (χ0) is 43.0. The molecule has 3 heterocycles. The van der Waals surface area contributed by atoms with Crippen molar-refractivity contribution in [1.82, 2.24) is 0 Å². The van der Waals surface area contributed by atoms with E-state index in [0.29, 0.717) is 32.1 Å². The van der Waals surface area contributed by atoms with Crippen molar-refractivity contribution in [1.29, 1.82) is 0 Å². The number of aliphatic hydroxyl groups excluding tert-OH is 4. The van der Waals surface area contributed by atoms with Crippen molar-refractivity contribution < 1.29 is 54.1 Å². The zero-order valence-electron chi connectivity index (χ0n) is 36.5. The molecular weight excluding hydrogens is 728 g/mol. The lowest BCUT2D eigenvalue weighted by atomic mass is 9.74. The van der Waals surface area contributed by atoms with E-state index in [-0.39, 0.29) is 35.9 Å². The van der Waals surface area contributed by atoms with E-state index in [9.17, 15) is 39.9 Å². The Morgan fingerprint density at radius 3 is 2.11 bits per heavy atom. The SMILES string of the molecule is CCC(O)CC1OC2(CCC1C)OC1CC[C@H](CC)/C=C\C=C/C[C@@H](C)[C@@H](O)[C@@](C)(O)C(=O)[C@@H](C)[C@@H](O)[C@@H](C)C(=O)[C@@H](C)[C@H](O)[C@@H](C)/C=C/C(=O)O[C@@H](C2C)[C@H]1C. The van der Waals surface area contributed by atoms with Crippen LogP contribution < -0.4 is 0 Å². The van der Waals surface area contributed by atoms with Gasteiger partial charge in [-0.2, -0.15) is 0 Å². The molecule has 11 heteroatoms. The number of esters is 1. The molecular formula is C46H76O11. The Bertz CT molecular complexity index is 1410. The van der Waals surface area contributed by atoms with E-state index in [2.05, 4.69) is 19.9 Å². The Kier molecular flexibility index (Phi) is 18.4. The van der Waals surface area contributed by atoms with Crippen molar-refractivity contribution in [2.75, 3.05) is 0 Å². The summed E-state index contributed by atoms with van der Waals surface area (Å²) in [7, 11) is 0. The fourth-order valence-corrected chi connectivity index (χ4v) is 9.11. The van der Waals surface area contributed by atoms with Gasteiger partial charge >= 0.3 is 5.97 Å². The van der Waals surface area contributed by atoms with Crippen LogP contribution in [-0.4, -0.2) is 97.2 Å². The standard InChI is InChI=1S/C46H76O11/c1-12-34-18-16-14-15-17-28(5)43(52)45(11,54)44(53)32(9)41(51)31(8)40(50)30(7)39(49)27(4)19-22-38(48)55-42-29(6)36(21-20-34)56-46(33(42)10)24-23-26(3)37(57-46)25-35(47)13-2/h14-16,18-19,22,26-37,39,41-43,47,49,51-52,54H,12-13,17,20-21,23-25H2,1-11H3/b15-14-,18-16-,22-19+/t26?,27-,28+,29-,30-,31-,32-,33?,34+,35?,36?,37?,39+,41-,42+,43+,45+,46?/m0/s1. The first kappa shape index (κ1) is 49.1. The molecule has 2 saturated heterocycles. The van der Waals surface area contributed by atoms with Gasteiger partial charge in [0.25, 0.3) is 0 Å². The maximum absolute atomic E-state index is 13.6. The maximum atomic E-state index is 13.6. The van der Waals surface area contributed by atoms with E-state index in [1.807, 2.05) is 39.0 Å². The lowest BCUT2D eigenvalue weighted by Gasteiger charge is -2.55. The molecule has 0 aromatic carbocycles. The van der Waals surface area contributed by atoms with E-state index >= 15 is 0 Å². The third-order valence-corrected chi connectivity index (χ3v) is 13.8. The van der Waals surface area contributed by atoms with Gasteiger partial charge in [0.2, 0.25) is 0 Å². The van der Waals surface area contributed by atoms with E-state index < -0.39 is 89.0 Å². The molecule has 3 rings (SSSR count). The minimum absolute atomic E-state index is 0.168. The number of aliphatic hydroxyl groups is 5. The van der Waals surface area contributed by atoms with Crippen molar-refractivity contribution in [3.63, 3.8) is 0 Å². The second-order valence-corrected chi connectivity index (χ2v) is 18.2. The van der Waals surface area contributed by atoms with Crippen molar-refractivity contribution >= 4 is 17.5 Å². The molecule has 0 aromatic rings. The average molecular weight is 805 g/mol. The van der Waals surface area contributed by atoms with Crippen LogP contribution in [0.3, 0.4) is 0 Å². The van der Waals surface area contributed by atoms with Crippen LogP contribution in [0.5, 0.6) is 0 Å². The van der Waals surface area contributed by atoms with Crippen molar-refractivity contribution in [3.8, 4) is 0 Å². The van der Waals surface area contributed by atoms with Crippen LogP contribution in [0.1, 0.15) is 128 Å². The molecule has 1 spiro atoms. The summed E-state index contributed by atoms with van der Waals surface area (Å²) in [6.45, 7) is 19.4. The largest absolute Gasteiger partial charge is 0.458 e. The summed E-state index contributed by atoms with van der Waals surface area (Å²) in [6, 6.07) is 0. The molecule has 0 aliphatic carbocycles. The first-order chi connectivity index (χ1) is 26.6. The molecule has 6 unspecified atom stereocenters. The number of allylic oxidation sites excluding steroid dienone is 4. The molecule has 0 aromatic heterocycles. The van der Waals surface area contributed by atoms with Crippen LogP contribution in [0.2, 0.25) is 0 Å². The molecule has 18 atom stereocenters. The molecule has 57 heavy (non-hydrogen) atoms. The summed E-state index contributed by atoms with van der Waals surface area (Å²) < 4.78 is 20.1. The normalized spacial score (nSPS) is 46.2. The number of ether oxygens (including phenoxy) is 3. The first-order valence-electron chi connectivity index (χ1n) is 21.7. The van der Waals surface area contributed by atoms with Gasteiger partial charge in [-0.05, 0) is 69.6 Å². The summed E-state index contributed by atoms with van der Waals surface area (Å²) >= 11 is 0. The van der Waals surface area contributed by atoms with Gasteiger partial charge < -0.3 is 39.7 Å². The number of rotatable bonds is 4. The average Bonchev–Trinajstić information content (AvgIpc) is 3.19. The molecule has 0 radical (unpaired) electrons. The smallest absolute Gasteiger partial charge is 0.330 e. The van der Waals surface area contributed by atoms with Gasteiger partial charge in [-0.1, -0.05) is 99.6 Å².